The van der Waals surface area contributed by atoms with Crippen LogP contribution >= 0.6 is 11.6 Å². The molecule has 0 aliphatic heterocycles. The van der Waals surface area contributed by atoms with Crippen LogP contribution in [0.4, 0.5) is 0 Å². The monoisotopic (exact) mass is 391 g/mol. The molecule has 0 radical (unpaired) electrons. The fourth-order valence-electron chi connectivity index (χ4n) is 2.91. The minimum absolute atomic E-state index is 0.353. The molecule has 1 atom stereocenters. The van der Waals surface area contributed by atoms with Gasteiger partial charge in [0.05, 0.1) is 6.07 Å². The fourth-order valence-corrected chi connectivity index (χ4v) is 3.03. The largest absolute Gasteiger partial charge is 0.451 e. The molecule has 0 unspecified atom stereocenters. The lowest BCUT2D eigenvalue weighted by Gasteiger charge is -2.32. The van der Waals surface area contributed by atoms with Crippen molar-refractivity contribution in [3.05, 3.63) is 34.9 Å². The summed E-state index contributed by atoms with van der Waals surface area (Å²) in [6.07, 6.45) is 2.91. The van der Waals surface area contributed by atoms with Gasteiger partial charge in [-0.05, 0) is 44.0 Å². The number of benzene rings is 1. The SMILES string of the molecule is C[C@@H](OC(=O)CNC(=O)c1ccc(Cl)cc1)C(=O)NC1(C#N)CCCCC1. The molecular weight excluding hydrogens is 370 g/mol. The summed E-state index contributed by atoms with van der Waals surface area (Å²) in [5.41, 5.74) is -0.537. The van der Waals surface area contributed by atoms with Gasteiger partial charge in [0, 0.05) is 10.6 Å². The number of hydrogen-bond acceptors (Lipinski definition) is 5. The standard InChI is InChI=1S/C19H22ClN3O4/c1-13(17(25)23-19(12-21)9-3-2-4-10-19)27-16(24)11-22-18(26)14-5-7-15(20)8-6-14/h5-8,13H,2-4,9-11H2,1H3,(H,22,26)(H,23,25)/t13-/m1/s1. The Labute approximate surface area is 163 Å². The lowest BCUT2D eigenvalue weighted by molar-refractivity contribution is -0.154. The van der Waals surface area contributed by atoms with Crippen molar-refractivity contribution in [2.75, 3.05) is 6.54 Å². The minimum Gasteiger partial charge on any atom is -0.451 e. The van der Waals surface area contributed by atoms with E-state index < -0.39 is 29.4 Å². The highest BCUT2D eigenvalue weighted by Gasteiger charge is 2.35. The van der Waals surface area contributed by atoms with Crippen molar-refractivity contribution in [3.8, 4) is 6.07 Å². The molecule has 2 N–H and O–H groups in total. The molecule has 1 aromatic carbocycles. The molecule has 0 bridgehead atoms. The predicted octanol–water partition coefficient (Wildman–Crippen LogP) is 2.34. The van der Waals surface area contributed by atoms with Crippen LogP contribution in [0.15, 0.2) is 24.3 Å². The van der Waals surface area contributed by atoms with Crippen LogP contribution in [0.2, 0.25) is 5.02 Å². The topological polar surface area (TPSA) is 108 Å². The zero-order valence-corrected chi connectivity index (χ0v) is 15.8. The molecule has 0 saturated heterocycles. The average Bonchev–Trinajstić information content (AvgIpc) is 2.67. The molecule has 1 fully saturated rings. The zero-order chi connectivity index (χ0) is 19.9. The quantitative estimate of drug-likeness (QED) is 0.723. The van der Waals surface area contributed by atoms with Crippen LogP contribution in [0.25, 0.3) is 0 Å². The Balaban J connectivity index is 1.80. The molecule has 2 amide bonds. The van der Waals surface area contributed by atoms with Gasteiger partial charge in [-0.15, -0.1) is 0 Å². The number of hydrogen-bond donors (Lipinski definition) is 2. The fraction of sp³-hybridized carbons (Fsp3) is 0.474. The van der Waals surface area contributed by atoms with Crippen LogP contribution in [0.5, 0.6) is 0 Å². The molecular formula is C19H22ClN3O4. The van der Waals surface area contributed by atoms with Crippen LogP contribution in [0.1, 0.15) is 49.4 Å². The number of esters is 1. The van der Waals surface area contributed by atoms with E-state index >= 15 is 0 Å². The van der Waals surface area contributed by atoms with Gasteiger partial charge in [0.15, 0.2) is 6.10 Å². The van der Waals surface area contributed by atoms with Crippen molar-refractivity contribution >= 4 is 29.4 Å². The molecule has 1 saturated carbocycles. The molecule has 0 heterocycles. The third kappa shape index (κ3) is 5.97. The highest BCUT2D eigenvalue weighted by molar-refractivity contribution is 6.30. The Morgan fingerprint density at radius 3 is 2.44 bits per heavy atom. The number of amides is 2. The molecule has 1 aliphatic carbocycles. The summed E-state index contributed by atoms with van der Waals surface area (Å²) in [5, 5.41) is 15.0. The van der Waals surface area contributed by atoms with Gasteiger partial charge in [-0.3, -0.25) is 14.4 Å². The number of ether oxygens (including phenoxy) is 1. The summed E-state index contributed by atoms with van der Waals surface area (Å²) in [7, 11) is 0. The smallest absolute Gasteiger partial charge is 0.326 e. The van der Waals surface area contributed by atoms with E-state index in [2.05, 4.69) is 16.7 Å². The van der Waals surface area contributed by atoms with E-state index in [0.717, 1.165) is 19.3 Å². The van der Waals surface area contributed by atoms with Gasteiger partial charge < -0.3 is 15.4 Å². The first-order chi connectivity index (χ1) is 12.8. The molecule has 7 nitrogen and oxygen atoms in total. The number of carbonyl (C=O) groups excluding carboxylic acids is 3. The van der Waals surface area contributed by atoms with E-state index in [4.69, 9.17) is 16.3 Å². The normalized spacial score (nSPS) is 16.5. The molecule has 1 aromatic rings. The maximum atomic E-state index is 12.3. The van der Waals surface area contributed by atoms with Crippen molar-refractivity contribution in [1.82, 2.24) is 10.6 Å². The highest BCUT2D eigenvalue weighted by atomic mass is 35.5. The van der Waals surface area contributed by atoms with Crippen molar-refractivity contribution in [2.45, 2.75) is 50.7 Å². The van der Waals surface area contributed by atoms with Crippen molar-refractivity contribution in [3.63, 3.8) is 0 Å². The number of nitrogens with one attached hydrogen (secondary N) is 2. The number of halogens is 1. The zero-order valence-electron chi connectivity index (χ0n) is 15.1. The van der Waals surface area contributed by atoms with Gasteiger partial charge in [-0.25, -0.2) is 0 Å². The van der Waals surface area contributed by atoms with Gasteiger partial charge in [-0.2, -0.15) is 5.26 Å². The first kappa shape index (κ1) is 20.7. The number of nitriles is 1. The van der Waals surface area contributed by atoms with E-state index in [1.807, 2.05) is 0 Å². The lowest BCUT2D eigenvalue weighted by atomic mass is 9.83. The molecule has 27 heavy (non-hydrogen) atoms. The number of nitrogens with zero attached hydrogens (tertiary/aromatic N) is 1. The van der Waals surface area contributed by atoms with Gasteiger partial charge >= 0.3 is 5.97 Å². The molecule has 1 aliphatic rings. The summed E-state index contributed by atoms with van der Waals surface area (Å²) in [4.78, 5) is 36.1. The van der Waals surface area contributed by atoms with Crippen molar-refractivity contribution in [2.24, 2.45) is 0 Å². The Morgan fingerprint density at radius 1 is 1.22 bits per heavy atom. The second kappa shape index (κ2) is 9.38. The summed E-state index contributed by atoms with van der Waals surface area (Å²) in [6, 6.07) is 8.38. The first-order valence-electron chi connectivity index (χ1n) is 8.82. The van der Waals surface area contributed by atoms with Gasteiger partial charge in [0.1, 0.15) is 12.1 Å². The van der Waals surface area contributed by atoms with Gasteiger partial charge in [0.2, 0.25) is 0 Å². The Morgan fingerprint density at radius 2 is 1.85 bits per heavy atom. The van der Waals surface area contributed by atoms with Crippen LogP contribution < -0.4 is 10.6 Å². The Hall–Kier alpha value is -2.59. The van der Waals surface area contributed by atoms with Crippen LogP contribution in [-0.2, 0) is 14.3 Å². The molecule has 144 valence electrons. The van der Waals surface area contributed by atoms with E-state index in [1.54, 1.807) is 12.1 Å². The molecule has 0 aromatic heterocycles. The predicted molar refractivity (Wildman–Crippen MR) is 98.9 cm³/mol. The third-order valence-corrected chi connectivity index (χ3v) is 4.71. The molecule has 0 spiro atoms. The van der Waals surface area contributed by atoms with Gasteiger partial charge in [-0.1, -0.05) is 30.9 Å². The maximum Gasteiger partial charge on any atom is 0.326 e. The van der Waals surface area contributed by atoms with Gasteiger partial charge in [0.25, 0.3) is 11.8 Å². The van der Waals surface area contributed by atoms with E-state index in [9.17, 15) is 19.6 Å². The first-order valence-corrected chi connectivity index (χ1v) is 9.19. The minimum atomic E-state index is -1.06. The summed E-state index contributed by atoms with van der Waals surface area (Å²) >= 11 is 5.76. The van der Waals surface area contributed by atoms with Crippen LogP contribution in [0.3, 0.4) is 0 Å². The van der Waals surface area contributed by atoms with Crippen molar-refractivity contribution in [1.29, 1.82) is 5.26 Å². The second-order valence-electron chi connectivity index (χ2n) is 6.57. The number of rotatable bonds is 6. The van der Waals surface area contributed by atoms with E-state index in [1.165, 1.54) is 19.1 Å². The number of carbonyl (C=O) groups is 3. The second-order valence-corrected chi connectivity index (χ2v) is 7.00. The maximum absolute atomic E-state index is 12.3. The highest BCUT2D eigenvalue weighted by Crippen LogP contribution is 2.27. The molecule has 8 heteroatoms. The summed E-state index contributed by atoms with van der Waals surface area (Å²) in [6.45, 7) is 1.06. The molecule has 2 rings (SSSR count). The lowest BCUT2D eigenvalue weighted by Crippen LogP contribution is -2.52. The Kier molecular flexibility index (Phi) is 7.19. The Bertz CT molecular complexity index is 736. The van der Waals surface area contributed by atoms with E-state index in [-0.39, 0.29) is 6.54 Å². The van der Waals surface area contributed by atoms with Crippen LogP contribution in [0, 0.1) is 11.3 Å². The van der Waals surface area contributed by atoms with Crippen LogP contribution in [-0.4, -0.2) is 36.0 Å². The third-order valence-electron chi connectivity index (χ3n) is 4.46. The average molecular weight is 392 g/mol. The summed E-state index contributed by atoms with van der Waals surface area (Å²) in [5.74, 6) is -1.71. The summed E-state index contributed by atoms with van der Waals surface area (Å²) < 4.78 is 5.05. The van der Waals surface area contributed by atoms with Crippen molar-refractivity contribution < 1.29 is 19.1 Å². The van der Waals surface area contributed by atoms with E-state index in [0.29, 0.717) is 23.4 Å².